The molecule has 1 aromatic rings. The molecule has 0 saturated carbocycles. The van der Waals surface area contributed by atoms with Crippen LogP contribution in [0.3, 0.4) is 0 Å². The summed E-state index contributed by atoms with van der Waals surface area (Å²) >= 11 is 0. The molecule has 0 radical (unpaired) electrons. The SMILES string of the molecule is NCCc1ccc(NC(=O)C(F)(F)C(F)F)cc1. The Hall–Kier alpha value is -1.63. The van der Waals surface area contributed by atoms with Crippen molar-refractivity contribution in [3.05, 3.63) is 29.8 Å². The van der Waals surface area contributed by atoms with Crippen molar-refractivity contribution in [3.63, 3.8) is 0 Å². The van der Waals surface area contributed by atoms with Gasteiger partial charge in [-0.2, -0.15) is 8.78 Å². The van der Waals surface area contributed by atoms with Crippen LogP contribution in [0.4, 0.5) is 23.2 Å². The number of hydrogen-bond donors (Lipinski definition) is 2. The summed E-state index contributed by atoms with van der Waals surface area (Å²) in [5, 5.41) is 1.73. The Bertz CT molecular complexity index is 406. The molecule has 0 unspecified atom stereocenters. The van der Waals surface area contributed by atoms with E-state index in [9.17, 15) is 22.4 Å². The molecule has 0 fully saturated rings. The van der Waals surface area contributed by atoms with Crippen molar-refractivity contribution in [1.82, 2.24) is 0 Å². The molecule has 100 valence electrons. The first-order valence-electron chi connectivity index (χ1n) is 5.14. The molecule has 1 rings (SSSR count). The summed E-state index contributed by atoms with van der Waals surface area (Å²) in [5.74, 6) is -6.72. The molecule has 0 aromatic heterocycles. The van der Waals surface area contributed by atoms with E-state index in [4.69, 9.17) is 5.73 Å². The Morgan fingerprint density at radius 1 is 1.28 bits per heavy atom. The lowest BCUT2D eigenvalue weighted by Gasteiger charge is -2.14. The number of carbonyl (C=O) groups is 1. The number of alkyl halides is 4. The van der Waals surface area contributed by atoms with Crippen LogP contribution < -0.4 is 11.1 Å². The third-order valence-electron chi connectivity index (χ3n) is 2.22. The fourth-order valence-electron chi connectivity index (χ4n) is 1.23. The molecule has 1 aromatic carbocycles. The van der Waals surface area contributed by atoms with E-state index in [2.05, 4.69) is 0 Å². The summed E-state index contributed by atoms with van der Waals surface area (Å²) in [6.07, 6.45) is -3.43. The minimum atomic E-state index is -4.70. The highest BCUT2D eigenvalue weighted by Crippen LogP contribution is 2.24. The van der Waals surface area contributed by atoms with Crippen LogP contribution >= 0.6 is 0 Å². The quantitative estimate of drug-likeness (QED) is 0.799. The van der Waals surface area contributed by atoms with Gasteiger partial charge in [0.2, 0.25) is 0 Å². The molecule has 18 heavy (non-hydrogen) atoms. The van der Waals surface area contributed by atoms with Gasteiger partial charge in [0.05, 0.1) is 0 Å². The van der Waals surface area contributed by atoms with Gasteiger partial charge >= 0.3 is 18.3 Å². The first-order chi connectivity index (χ1) is 8.37. The average Bonchev–Trinajstić information content (AvgIpc) is 2.31. The van der Waals surface area contributed by atoms with E-state index in [1.54, 1.807) is 17.4 Å². The molecule has 0 bridgehead atoms. The molecule has 1 amide bonds. The average molecular weight is 264 g/mol. The summed E-state index contributed by atoms with van der Waals surface area (Å²) in [6.45, 7) is 0.426. The molecule has 0 aliphatic heterocycles. The molecule has 0 atom stereocenters. The van der Waals surface area contributed by atoms with Crippen molar-refractivity contribution in [3.8, 4) is 0 Å². The van der Waals surface area contributed by atoms with Gasteiger partial charge in [-0.25, -0.2) is 8.78 Å². The zero-order chi connectivity index (χ0) is 13.8. The van der Waals surface area contributed by atoms with Crippen LogP contribution in [0.15, 0.2) is 24.3 Å². The lowest BCUT2D eigenvalue weighted by Crippen LogP contribution is -2.40. The van der Waals surface area contributed by atoms with E-state index in [0.717, 1.165) is 5.56 Å². The Kier molecular flexibility index (Phi) is 4.66. The standard InChI is InChI=1S/C11H12F4N2O/c12-9(13)11(14,15)10(18)17-8-3-1-7(2-4-8)5-6-16/h1-4,9H,5-6,16H2,(H,17,18). The van der Waals surface area contributed by atoms with Crippen molar-refractivity contribution in [2.45, 2.75) is 18.8 Å². The monoisotopic (exact) mass is 264 g/mol. The van der Waals surface area contributed by atoms with E-state index in [1.807, 2.05) is 0 Å². The topological polar surface area (TPSA) is 55.1 Å². The van der Waals surface area contributed by atoms with Crippen molar-refractivity contribution in [2.24, 2.45) is 5.73 Å². The van der Waals surface area contributed by atoms with Gasteiger partial charge in [-0.15, -0.1) is 0 Å². The van der Waals surface area contributed by atoms with Gasteiger partial charge in [-0.3, -0.25) is 4.79 Å². The number of rotatable bonds is 5. The maximum atomic E-state index is 12.6. The number of hydrogen-bond acceptors (Lipinski definition) is 2. The number of nitrogens with two attached hydrogens (primary N) is 1. The zero-order valence-electron chi connectivity index (χ0n) is 9.30. The van der Waals surface area contributed by atoms with E-state index in [0.29, 0.717) is 13.0 Å². The minimum absolute atomic E-state index is 0.0288. The molecule has 0 saturated heterocycles. The molecular formula is C11H12F4N2O. The Morgan fingerprint density at radius 3 is 2.28 bits per heavy atom. The summed E-state index contributed by atoms with van der Waals surface area (Å²) in [6, 6.07) is 5.85. The summed E-state index contributed by atoms with van der Waals surface area (Å²) in [7, 11) is 0. The maximum Gasteiger partial charge on any atom is 0.383 e. The molecule has 0 aliphatic rings. The van der Waals surface area contributed by atoms with Gasteiger partial charge < -0.3 is 11.1 Å². The third-order valence-corrected chi connectivity index (χ3v) is 2.22. The minimum Gasteiger partial charge on any atom is -0.330 e. The van der Waals surface area contributed by atoms with Crippen LogP contribution in [-0.2, 0) is 11.2 Å². The summed E-state index contributed by atoms with van der Waals surface area (Å²) in [5.41, 5.74) is 6.20. The second-order valence-electron chi connectivity index (χ2n) is 3.61. The van der Waals surface area contributed by atoms with Crippen LogP contribution in [0.1, 0.15) is 5.56 Å². The van der Waals surface area contributed by atoms with Gasteiger partial charge in [-0.1, -0.05) is 12.1 Å². The van der Waals surface area contributed by atoms with E-state index in [1.165, 1.54) is 12.1 Å². The van der Waals surface area contributed by atoms with Gasteiger partial charge in [-0.05, 0) is 30.7 Å². The zero-order valence-corrected chi connectivity index (χ0v) is 9.30. The first-order valence-corrected chi connectivity index (χ1v) is 5.14. The van der Waals surface area contributed by atoms with Crippen molar-refractivity contribution in [1.29, 1.82) is 0 Å². The summed E-state index contributed by atoms with van der Waals surface area (Å²) in [4.78, 5) is 10.9. The normalized spacial score (nSPS) is 11.7. The van der Waals surface area contributed by atoms with Crippen LogP contribution in [0, 0.1) is 0 Å². The van der Waals surface area contributed by atoms with E-state index >= 15 is 0 Å². The predicted molar refractivity (Wildman–Crippen MR) is 58.8 cm³/mol. The predicted octanol–water partition coefficient (Wildman–Crippen LogP) is 2.03. The number of benzene rings is 1. The second kappa shape index (κ2) is 5.81. The van der Waals surface area contributed by atoms with Gasteiger partial charge in [0.15, 0.2) is 0 Å². The van der Waals surface area contributed by atoms with Crippen molar-refractivity contribution >= 4 is 11.6 Å². The molecule has 0 aliphatic carbocycles. The molecular weight excluding hydrogens is 252 g/mol. The second-order valence-corrected chi connectivity index (χ2v) is 3.61. The number of halogens is 4. The number of carbonyl (C=O) groups excluding carboxylic acids is 1. The van der Waals surface area contributed by atoms with Gasteiger partial charge in [0, 0.05) is 5.69 Å². The van der Waals surface area contributed by atoms with Gasteiger partial charge in [0.25, 0.3) is 0 Å². The van der Waals surface area contributed by atoms with Crippen LogP contribution in [0.25, 0.3) is 0 Å². The highest BCUT2D eigenvalue weighted by molar-refractivity contribution is 5.96. The van der Waals surface area contributed by atoms with Crippen LogP contribution in [-0.4, -0.2) is 24.8 Å². The smallest absolute Gasteiger partial charge is 0.330 e. The van der Waals surface area contributed by atoms with Crippen LogP contribution in [0.5, 0.6) is 0 Å². The first kappa shape index (κ1) is 14.4. The number of amides is 1. The van der Waals surface area contributed by atoms with Crippen LogP contribution in [0.2, 0.25) is 0 Å². The fraction of sp³-hybridized carbons (Fsp3) is 0.364. The van der Waals surface area contributed by atoms with E-state index < -0.39 is 18.3 Å². The Morgan fingerprint density at radius 2 is 1.83 bits per heavy atom. The largest absolute Gasteiger partial charge is 0.383 e. The lowest BCUT2D eigenvalue weighted by molar-refractivity contribution is -0.163. The maximum absolute atomic E-state index is 12.6. The lowest BCUT2D eigenvalue weighted by atomic mass is 10.1. The van der Waals surface area contributed by atoms with Gasteiger partial charge in [0.1, 0.15) is 0 Å². The highest BCUT2D eigenvalue weighted by Gasteiger charge is 2.48. The number of nitrogens with one attached hydrogen (secondary N) is 1. The molecule has 3 nitrogen and oxygen atoms in total. The molecule has 0 heterocycles. The molecule has 0 spiro atoms. The Labute approximate surface area is 101 Å². The third kappa shape index (κ3) is 3.43. The van der Waals surface area contributed by atoms with Crippen molar-refractivity contribution in [2.75, 3.05) is 11.9 Å². The summed E-state index contributed by atoms with van der Waals surface area (Å²) < 4.78 is 49.1. The molecule has 7 heteroatoms. The fourth-order valence-corrected chi connectivity index (χ4v) is 1.23. The molecule has 3 N–H and O–H groups in total. The van der Waals surface area contributed by atoms with E-state index in [-0.39, 0.29) is 5.69 Å². The highest BCUT2D eigenvalue weighted by atomic mass is 19.3. The van der Waals surface area contributed by atoms with Crippen molar-refractivity contribution < 1.29 is 22.4 Å². The Balaban J connectivity index is 2.70. The number of anilines is 1.